The SMILES string of the molecule is COc1ccc(-c2cccc(C(=O)Nc3ccccc3)c2)cn1. The fourth-order valence-electron chi connectivity index (χ4n) is 2.24. The first-order valence-corrected chi connectivity index (χ1v) is 7.23. The predicted molar refractivity (Wildman–Crippen MR) is 90.6 cm³/mol. The zero-order chi connectivity index (χ0) is 16.1. The zero-order valence-electron chi connectivity index (χ0n) is 12.7. The van der Waals surface area contributed by atoms with Gasteiger partial charge >= 0.3 is 0 Å². The highest BCUT2D eigenvalue weighted by atomic mass is 16.5. The number of para-hydroxylation sites is 1. The van der Waals surface area contributed by atoms with Crippen LogP contribution in [0.1, 0.15) is 10.4 Å². The van der Waals surface area contributed by atoms with Crippen LogP contribution in [0, 0.1) is 0 Å². The summed E-state index contributed by atoms with van der Waals surface area (Å²) in [5.41, 5.74) is 3.23. The van der Waals surface area contributed by atoms with Crippen molar-refractivity contribution in [3.05, 3.63) is 78.5 Å². The number of ether oxygens (including phenoxy) is 1. The smallest absolute Gasteiger partial charge is 0.255 e. The van der Waals surface area contributed by atoms with Crippen molar-refractivity contribution in [3.8, 4) is 17.0 Å². The summed E-state index contributed by atoms with van der Waals surface area (Å²) in [6, 6.07) is 20.6. The first-order valence-electron chi connectivity index (χ1n) is 7.23. The minimum absolute atomic E-state index is 0.139. The molecule has 0 atom stereocenters. The summed E-state index contributed by atoms with van der Waals surface area (Å²) in [6.07, 6.45) is 1.73. The average Bonchev–Trinajstić information content (AvgIpc) is 2.63. The number of amides is 1. The van der Waals surface area contributed by atoms with E-state index in [0.717, 1.165) is 16.8 Å². The Hall–Kier alpha value is -3.14. The summed E-state index contributed by atoms with van der Waals surface area (Å²) < 4.78 is 5.06. The first-order chi connectivity index (χ1) is 11.3. The van der Waals surface area contributed by atoms with E-state index in [1.54, 1.807) is 25.4 Å². The molecular weight excluding hydrogens is 288 g/mol. The van der Waals surface area contributed by atoms with Gasteiger partial charge in [0.2, 0.25) is 5.88 Å². The van der Waals surface area contributed by atoms with Crippen molar-refractivity contribution in [2.24, 2.45) is 0 Å². The van der Waals surface area contributed by atoms with Crippen molar-refractivity contribution in [3.63, 3.8) is 0 Å². The Balaban J connectivity index is 1.82. The molecule has 0 unspecified atom stereocenters. The fourth-order valence-corrected chi connectivity index (χ4v) is 2.24. The molecule has 0 saturated heterocycles. The Labute approximate surface area is 134 Å². The summed E-state index contributed by atoms with van der Waals surface area (Å²) in [7, 11) is 1.58. The topological polar surface area (TPSA) is 51.2 Å². The molecule has 0 aliphatic rings. The number of carbonyl (C=O) groups is 1. The van der Waals surface area contributed by atoms with Crippen LogP contribution in [0.2, 0.25) is 0 Å². The van der Waals surface area contributed by atoms with Crippen LogP contribution in [0.25, 0.3) is 11.1 Å². The standard InChI is InChI=1S/C19H16N2O2/c1-23-18-11-10-16(13-20-18)14-6-5-7-15(12-14)19(22)21-17-8-3-2-4-9-17/h2-13H,1H3,(H,21,22). The van der Waals surface area contributed by atoms with E-state index in [4.69, 9.17) is 4.74 Å². The molecule has 4 nitrogen and oxygen atoms in total. The lowest BCUT2D eigenvalue weighted by Gasteiger charge is -2.07. The van der Waals surface area contributed by atoms with Crippen LogP contribution in [0.4, 0.5) is 5.69 Å². The third-order valence-electron chi connectivity index (χ3n) is 3.44. The van der Waals surface area contributed by atoms with Crippen molar-refractivity contribution in [1.29, 1.82) is 0 Å². The Morgan fingerprint density at radius 3 is 2.48 bits per heavy atom. The van der Waals surface area contributed by atoms with Gasteiger partial charge in [0.05, 0.1) is 7.11 Å². The van der Waals surface area contributed by atoms with Gasteiger partial charge in [-0.1, -0.05) is 30.3 Å². The van der Waals surface area contributed by atoms with E-state index in [0.29, 0.717) is 11.4 Å². The van der Waals surface area contributed by atoms with Gasteiger partial charge in [-0.05, 0) is 35.9 Å². The van der Waals surface area contributed by atoms with E-state index in [-0.39, 0.29) is 5.91 Å². The largest absolute Gasteiger partial charge is 0.481 e. The Morgan fingerprint density at radius 1 is 0.957 bits per heavy atom. The normalized spacial score (nSPS) is 10.1. The molecule has 0 aliphatic heterocycles. The maximum absolute atomic E-state index is 12.4. The first kappa shape index (κ1) is 14.8. The lowest BCUT2D eigenvalue weighted by Crippen LogP contribution is -2.11. The molecule has 0 spiro atoms. The molecule has 1 N–H and O–H groups in total. The number of hydrogen-bond donors (Lipinski definition) is 1. The summed E-state index contributed by atoms with van der Waals surface area (Å²) >= 11 is 0. The van der Waals surface area contributed by atoms with Crippen LogP contribution in [0.15, 0.2) is 72.9 Å². The van der Waals surface area contributed by atoms with Crippen molar-refractivity contribution in [2.75, 3.05) is 12.4 Å². The highest BCUT2D eigenvalue weighted by Gasteiger charge is 2.08. The molecule has 0 bridgehead atoms. The van der Waals surface area contributed by atoms with E-state index >= 15 is 0 Å². The van der Waals surface area contributed by atoms with Gasteiger partial charge in [-0.2, -0.15) is 0 Å². The van der Waals surface area contributed by atoms with Crippen molar-refractivity contribution in [1.82, 2.24) is 4.98 Å². The van der Waals surface area contributed by atoms with E-state index < -0.39 is 0 Å². The second-order valence-corrected chi connectivity index (χ2v) is 4.99. The monoisotopic (exact) mass is 304 g/mol. The molecule has 3 aromatic rings. The second kappa shape index (κ2) is 6.75. The van der Waals surface area contributed by atoms with Gasteiger partial charge in [0.15, 0.2) is 0 Å². The number of nitrogens with one attached hydrogen (secondary N) is 1. The molecule has 23 heavy (non-hydrogen) atoms. The molecule has 2 aromatic carbocycles. The lowest BCUT2D eigenvalue weighted by molar-refractivity contribution is 0.102. The van der Waals surface area contributed by atoms with Crippen LogP contribution in [0.5, 0.6) is 5.88 Å². The number of rotatable bonds is 4. The summed E-state index contributed by atoms with van der Waals surface area (Å²) in [4.78, 5) is 16.5. The van der Waals surface area contributed by atoms with E-state index in [9.17, 15) is 4.79 Å². The highest BCUT2D eigenvalue weighted by Crippen LogP contribution is 2.22. The van der Waals surface area contributed by atoms with Gasteiger partial charge in [-0.3, -0.25) is 4.79 Å². The molecular formula is C19H16N2O2. The number of aromatic nitrogens is 1. The molecule has 3 rings (SSSR count). The molecule has 1 heterocycles. The van der Waals surface area contributed by atoms with Gasteiger partial charge < -0.3 is 10.1 Å². The van der Waals surface area contributed by atoms with Crippen LogP contribution in [0.3, 0.4) is 0 Å². The Morgan fingerprint density at radius 2 is 1.78 bits per heavy atom. The Kier molecular flexibility index (Phi) is 4.34. The van der Waals surface area contributed by atoms with Crippen LogP contribution in [-0.4, -0.2) is 18.0 Å². The molecule has 114 valence electrons. The van der Waals surface area contributed by atoms with E-state index in [1.165, 1.54) is 0 Å². The molecule has 1 amide bonds. The highest BCUT2D eigenvalue weighted by molar-refractivity contribution is 6.04. The average molecular weight is 304 g/mol. The van der Waals surface area contributed by atoms with E-state index in [2.05, 4.69) is 10.3 Å². The van der Waals surface area contributed by atoms with Crippen molar-refractivity contribution in [2.45, 2.75) is 0 Å². The maximum atomic E-state index is 12.4. The number of anilines is 1. The van der Waals surface area contributed by atoms with Crippen LogP contribution >= 0.6 is 0 Å². The lowest BCUT2D eigenvalue weighted by atomic mass is 10.0. The molecule has 1 aromatic heterocycles. The predicted octanol–water partition coefficient (Wildman–Crippen LogP) is 4.01. The molecule has 0 aliphatic carbocycles. The van der Waals surface area contributed by atoms with Crippen LogP contribution in [-0.2, 0) is 0 Å². The Bertz CT molecular complexity index is 799. The van der Waals surface area contributed by atoms with Gasteiger partial charge in [0, 0.05) is 29.1 Å². The fraction of sp³-hybridized carbons (Fsp3) is 0.0526. The number of hydrogen-bond acceptors (Lipinski definition) is 3. The summed E-state index contributed by atoms with van der Waals surface area (Å²) in [5, 5.41) is 2.88. The minimum Gasteiger partial charge on any atom is -0.481 e. The van der Waals surface area contributed by atoms with Gasteiger partial charge in [0.1, 0.15) is 0 Å². The zero-order valence-corrected chi connectivity index (χ0v) is 12.7. The van der Waals surface area contributed by atoms with Crippen molar-refractivity contribution >= 4 is 11.6 Å². The number of nitrogens with zero attached hydrogens (tertiary/aromatic N) is 1. The number of benzene rings is 2. The number of methoxy groups -OCH3 is 1. The third kappa shape index (κ3) is 3.55. The second-order valence-electron chi connectivity index (χ2n) is 4.99. The quantitative estimate of drug-likeness (QED) is 0.792. The molecule has 4 heteroatoms. The number of pyridine rings is 1. The summed E-state index contributed by atoms with van der Waals surface area (Å²) in [5.74, 6) is 0.422. The van der Waals surface area contributed by atoms with E-state index in [1.807, 2.05) is 54.6 Å². The molecule has 0 fully saturated rings. The third-order valence-corrected chi connectivity index (χ3v) is 3.44. The van der Waals surface area contributed by atoms with Gasteiger partial charge in [-0.25, -0.2) is 4.98 Å². The minimum atomic E-state index is -0.139. The molecule has 0 saturated carbocycles. The number of carbonyl (C=O) groups excluding carboxylic acids is 1. The van der Waals surface area contributed by atoms with Gasteiger partial charge in [-0.15, -0.1) is 0 Å². The molecule has 0 radical (unpaired) electrons. The van der Waals surface area contributed by atoms with Crippen molar-refractivity contribution < 1.29 is 9.53 Å². The van der Waals surface area contributed by atoms with Crippen LogP contribution < -0.4 is 10.1 Å². The van der Waals surface area contributed by atoms with Gasteiger partial charge in [0.25, 0.3) is 5.91 Å². The maximum Gasteiger partial charge on any atom is 0.255 e. The summed E-state index contributed by atoms with van der Waals surface area (Å²) in [6.45, 7) is 0.